The standard InChI is InChI=1S/C14H24N2/c1-13(2,3)9-7-12(16)10(8-11(9)15)14(4,5)6/h7-8H,15-16H2,1-6H3. The van der Waals surface area contributed by atoms with Crippen molar-refractivity contribution in [2.75, 3.05) is 11.5 Å². The van der Waals surface area contributed by atoms with E-state index >= 15 is 0 Å². The molecule has 0 saturated carbocycles. The molecular formula is C14H24N2. The van der Waals surface area contributed by atoms with E-state index in [4.69, 9.17) is 11.5 Å². The van der Waals surface area contributed by atoms with Crippen LogP contribution in [0.2, 0.25) is 0 Å². The number of hydrogen-bond donors (Lipinski definition) is 2. The van der Waals surface area contributed by atoms with Crippen LogP contribution in [-0.2, 0) is 10.8 Å². The smallest absolute Gasteiger partial charge is 0.0356 e. The van der Waals surface area contributed by atoms with Crippen molar-refractivity contribution in [3.05, 3.63) is 23.3 Å². The number of nitrogen functional groups attached to an aromatic ring is 2. The molecule has 0 aliphatic rings. The Labute approximate surface area is 99.0 Å². The molecule has 2 nitrogen and oxygen atoms in total. The third-order valence-electron chi connectivity index (χ3n) is 2.84. The highest BCUT2D eigenvalue weighted by molar-refractivity contribution is 5.64. The second-order valence-corrected chi connectivity index (χ2v) is 6.53. The van der Waals surface area contributed by atoms with Gasteiger partial charge in [-0.25, -0.2) is 0 Å². The fourth-order valence-electron chi connectivity index (χ4n) is 1.93. The first-order valence-electron chi connectivity index (χ1n) is 5.73. The van der Waals surface area contributed by atoms with Crippen LogP contribution in [-0.4, -0.2) is 0 Å². The average Bonchev–Trinajstić information content (AvgIpc) is 2.04. The first-order valence-corrected chi connectivity index (χ1v) is 5.73. The third-order valence-corrected chi connectivity index (χ3v) is 2.84. The molecule has 0 atom stereocenters. The summed E-state index contributed by atoms with van der Waals surface area (Å²) in [6, 6.07) is 4.05. The SMILES string of the molecule is CC(C)(C)c1cc(N)c(C(C)(C)C)cc1N. The van der Waals surface area contributed by atoms with Crippen LogP contribution in [0.4, 0.5) is 11.4 Å². The Morgan fingerprint density at radius 1 is 0.688 bits per heavy atom. The van der Waals surface area contributed by atoms with Crippen LogP contribution < -0.4 is 11.5 Å². The summed E-state index contributed by atoms with van der Waals surface area (Å²) in [6.07, 6.45) is 0. The molecule has 0 radical (unpaired) electrons. The van der Waals surface area contributed by atoms with Crippen molar-refractivity contribution in [2.24, 2.45) is 0 Å². The minimum absolute atomic E-state index is 0.0363. The monoisotopic (exact) mass is 220 g/mol. The molecule has 0 bridgehead atoms. The van der Waals surface area contributed by atoms with Crippen molar-refractivity contribution in [3.8, 4) is 0 Å². The highest BCUT2D eigenvalue weighted by Crippen LogP contribution is 2.36. The van der Waals surface area contributed by atoms with Gasteiger partial charge < -0.3 is 11.5 Å². The van der Waals surface area contributed by atoms with E-state index in [2.05, 4.69) is 41.5 Å². The topological polar surface area (TPSA) is 52.0 Å². The molecule has 0 unspecified atom stereocenters. The van der Waals surface area contributed by atoms with Crippen LogP contribution in [0, 0.1) is 0 Å². The molecule has 0 heterocycles. The predicted octanol–water partition coefficient (Wildman–Crippen LogP) is 3.45. The van der Waals surface area contributed by atoms with Gasteiger partial charge in [-0.15, -0.1) is 0 Å². The molecule has 0 aromatic heterocycles. The number of nitrogens with two attached hydrogens (primary N) is 2. The van der Waals surface area contributed by atoms with Crippen LogP contribution in [0.5, 0.6) is 0 Å². The summed E-state index contributed by atoms with van der Waals surface area (Å²) in [4.78, 5) is 0. The van der Waals surface area contributed by atoms with Gasteiger partial charge in [0, 0.05) is 11.4 Å². The first kappa shape index (κ1) is 12.9. The minimum atomic E-state index is 0.0363. The van der Waals surface area contributed by atoms with E-state index in [1.165, 1.54) is 0 Å². The summed E-state index contributed by atoms with van der Waals surface area (Å²) in [7, 11) is 0. The second kappa shape index (κ2) is 3.69. The molecule has 0 spiro atoms. The van der Waals surface area contributed by atoms with Gasteiger partial charge in [-0.2, -0.15) is 0 Å². The van der Waals surface area contributed by atoms with Crippen molar-refractivity contribution in [3.63, 3.8) is 0 Å². The van der Waals surface area contributed by atoms with Gasteiger partial charge in [0.05, 0.1) is 0 Å². The van der Waals surface area contributed by atoms with Gasteiger partial charge in [0.25, 0.3) is 0 Å². The summed E-state index contributed by atoms with van der Waals surface area (Å²) in [5.74, 6) is 0. The zero-order chi connectivity index (χ0) is 12.7. The maximum Gasteiger partial charge on any atom is 0.0356 e. The number of hydrogen-bond acceptors (Lipinski definition) is 2. The number of benzene rings is 1. The lowest BCUT2D eigenvalue weighted by atomic mass is 9.80. The summed E-state index contributed by atoms with van der Waals surface area (Å²) < 4.78 is 0. The summed E-state index contributed by atoms with van der Waals surface area (Å²) in [5.41, 5.74) is 16.2. The molecule has 0 amide bonds. The van der Waals surface area contributed by atoms with Crippen LogP contribution in [0.3, 0.4) is 0 Å². The van der Waals surface area contributed by atoms with E-state index in [-0.39, 0.29) is 10.8 Å². The zero-order valence-corrected chi connectivity index (χ0v) is 11.3. The van der Waals surface area contributed by atoms with E-state index in [1.807, 2.05) is 12.1 Å². The normalized spacial score (nSPS) is 12.9. The van der Waals surface area contributed by atoms with Gasteiger partial charge in [0.2, 0.25) is 0 Å². The molecular weight excluding hydrogens is 196 g/mol. The molecule has 1 aromatic rings. The zero-order valence-electron chi connectivity index (χ0n) is 11.3. The lowest BCUT2D eigenvalue weighted by Gasteiger charge is -2.27. The Morgan fingerprint density at radius 3 is 1.12 bits per heavy atom. The van der Waals surface area contributed by atoms with E-state index in [1.54, 1.807) is 0 Å². The quantitative estimate of drug-likeness (QED) is 0.658. The first-order chi connectivity index (χ1) is 7.03. The molecule has 0 aliphatic heterocycles. The number of rotatable bonds is 0. The highest BCUT2D eigenvalue weighted by atomic mass is 14.6. The molecule has 1 rings (SSSR count). The van der Waals surface area contributed by atoms with E-state index in [0.29, 0.717) is 0 Å². The van der Waals surface area contributed by atoms with Gasteiger partial charge in [-0.05, 0) is 34.1 Å². The van der Waals surface area contributed by atoms with E-state index in [0.717, 1.165) is 22.5 Å². The Kier molecular flexibility index (Phi) is 2.97. The van der Waals surface area contributed by atoms with Gasteiger partial charge in [0.1, 0.15) is 0 Å². The lowest BCUT2D eigenvalue weighted by Crippen LogP contribution is -2.19. The Hall–Kier alpha value is -1.18. The maximum absolute atomic E-state index is 6.12. The van der Waals surface area contributed by atoms with Crippen LogP contribution in [0.1, 0.15) is 52.7 Å². The van der Waals surface area contributed by atoms with Crippen molar-refractivity contribution in [1.29, 1.82) is 0 Å². The van der Waals surface area contributed by atoms with Gasteiger partial charge >= 0.3 is 0 Å². The fraction of sp³-hybridized carbons (Fsp3) is 0.571. The van der Waals surface area contributed by atoms with Crippen molar-refractivity contribution < 1.29 is 0 Å². The Morgan fingerprint density at radius 2 is 0.938 bits per heavy atom. The lowest BCUT2D eigenvalue weighted by molar-refractivity contribution is 0.581. The van der Waals surface area contributed by atoms with Crippen molar-refractivity contribution in [2.45, 2.75) is 52.4 Å². The highest BCUT2D eigenvalue weighted by Gasteiger charge is 2.22. The molecule has 1 aromatic carbocycles. The van der Waals surface area contributed by atoms with Gasteiger partial charge in [-0.1, -0.05) is 41.5 Å². The van der Waals surface area contributed by atoms with Gasteiger partial charge in [0.15, 0.2) is 0 Å². The summed E-state index contributed by atoms with van der Waals surface area (Å²) in [5, 5.41) is 0. The van der Waals surface area contributed by atoms with Gasteiger partial charge in [-0.3, -0.25) is 0 Å². The molecule has 0 fully saturated rings. The fourth-order valence-corrected chi connectivity index (χ4v) is 1.93. The van der Waals surface area contributed by atoms with Crippen LogP contribution >= 0.6 is 0 Å². The summed E-state index contributed by atoms with van der Waals surface area (Å²) >= 11 is 0. The maximum atomic E-state index is 6.12. The number of anilines is 2. The Balaban J connectivity index is 3.40. The molecule has 0 saturated heterocycles. The average molecular weight is 220 g/mol. The summed E-state index contributed by atoms with van der Waals surface area (Å²) in [6.45, 7) is 12.9. The third kappa shape index (κ3) is 2.49. The molecule has 0 aliphatic carbocycles. The van der Waals surface area contributed by atoms with Crippen molar-refractivity contribution >= 4 is 11.4 Å². The second-order valence-electron chi connectivity index (χ2n) is 6.53. The molecule has 16 heavy (non-hydrogen) atoms. The molecule has 4 N–H and O–H groups in total. The van der Waals surface area contributed by atoms with Crippen LogP contribution in [0.25, 0.3) is 0 Å². The van der Waals surface area contributed by atoms with E-state index in [9.17, 15) is 0 Å². The molecule has 2 heteroatoms. The predicted molar refractivity (Wildman–Crippen MR) is 72.7 cm³/mol. The van der Waals surface area contributed by atoms with E-state index < -0.39 is 0 Å². The van der Waals surface area contributed by atoms with Crippen LogP contribution in [0.15, 0.2) is 12.1 Å². The Bertz CT molecular complexity index is 353. The molecule has 90 valence electrons. The largest absolute Gasteiger partial charge is 0.398 e. The van der Waals surface area contributed by atoms with Crippen molar-refractivity contribution in [1.82, 2.24) is 0 Å². The minimum Gasteiger partial charge on any atom is -0.398 e.